The van der Waals surface area contributed by atoms with Crippen molar-refractivity contribution in [1.29, 1.82) is 0 Å². The fourth-order valence-electron chi connectivity index (χ4n) is 1.63. The molecule has 0 fully saturated rings. The van der Waals surface area contributed by atoms with Crippen LogP contribution in [0.5, 0.6) is 6.01 Å². The number of anilines is 2. The summed E-state index contributed by atoms with van der Waals surface area (Å²) in [4.78, 5) is 12.5. The molecule has 0 saturated carbocycles. The largest absolute Gasteiger partial charge is 0.467 e. The number of nitrogens with zero attached hydrogens (tertiary/aromatic N) is 3. The first-order chi connectivity index (χ1) is 9.23. The Morgan fingerprint density at radius 3 is 2.37 bits per heavy atom. The number of aromatic nitrogens is 3. The average molecular weight is 269 g/mol. The Bertz CT molecular complexity index is 375. The first-order valence-corrected chi connectivity index (χ1v) is 6.62. The van der Waals surface area contributed by atoms with Crippen molar-refractivity contribution >= 4 is 11.9 Å². The maximum atomic E-state index is 8.96. The van der Waals surface area contributed by atoms with Crippen LogP contribution < -0.4 is 15.4 Å². The summed E-state index contributed by atoms with van der Waals surface area (Å²) >= 11 is 0. The molecule has 0 aromatic carbocycles. The highest BCUT2D eigenvalue weighted by Crippen LogP contribution is 2.13. The quantitative estimate of drug-likeness (QED) is 0.619. The number of rotatable bonds is 9. The lowest BCUT2D eigenvalue weighted by molar-refractivity contribution is 0.258. The van der Waals surface area contributed by atoms with Crippen LogP contribution in [0, 0.1) is 5.92 Å². The maximum absolute atomic E-state index is 8.96. The van der Waals surface area contributed by atoms with Crippen molar-refractivity contribution in [3.8, 4) is 6.01 Å². The van der Waals surface area contributed by atoms with Crippen molar-refractivity contribution < 1.29 is 9.84 Å². The molecule has 7 nitrogen and oxygen atoms in total. The monoisotopic (exact) mass is 269 g/mol. The minimum atomic E-state index is 0.198. The van der Waals surface area contributed by atoms with Gasteiger partial charge in [-0.05, 0) is 19.3 Å². The molecule has 1 atom stereocenters. The normalized spacial score (nSPS) is 12.0. The molecule has 0 aliphatic carbocycles. The van der Waals surface area contributed by atoms with Gasteiger partial charge in [-0.1, -0.05) is 13.3 Å². The van der Waals surface area contributed by atoms with Gasteiger partial charge in [0.2, 0.25) is 11.9 Å². The molecule has 108 valence electrons. The van der Waals surface area contributed by atoms with E-state index in [9.17, 15) is 0 Å². The van der Waals surface area contributed by atoms with Crippen LogP contribution in [0.2, 0.25) is 0 Å². The Labute approximate surface area is 113 Å². The fourth-order valence-corrected chi connectivity index (χ4v) is 1.63. The second-order valence-electron chi connectivity index (χ2n) is 4.17. The number of hydrogen-bond acceptors (Lipinski definition) is 7. The van der Waals surface area contributed by atoms with Gasteiger partial charge in [0.05, 0.1) is 7.11 Å². The summed E-state index contributed by atoms with van der Waals surface area (Å²) in [7, 11) is 1.52. The molecule has 0 radical (unpaired) electrons. The van der Waals surface area contributed by atoms with Gasteiger partial charge in [-0.15, -0.1) is 0 Å². The summed E-state index contributed by atoms with van der Waals surface area (Å²) < 4.78 is 5.04. The first kappa shape index (κ1) is 15.4. The second-order valence-corrected chi connectivity index (χ2v) is 4.17. The van der Waals surface area contributed by atoms with Gasteiger partial charge in [-0.25, -0.2) is 0 Å². The fraction of sp³-hybridized carbons (Fsp3) is 0.750. The third-order valence-corrected chi connectivity index (χ3v) is 2.80. The molecule has 0 bridgehead atoms. The van der Waals surface area contributed by atoms with E-state index in [2.05, 4.69) is 32.5 Å². The summed E-state index contributed by atoms with van der Waals surface area (Å²) in [5.41, 5.74) is 0. The highest BCUT2D eigenvalue weighted by Gasteiger charge is 2.09. The molecular weight excluding hydrogens is 246 g/mol. The summed E-state index contributed by atoms with van der Waals surface area (Å²) in [6.07, 6.45) is 1.77. The highest BCUT2D eigenvalue weighted by atomic mass is 16.5. The molecule has 1 heterocycles. The van der Waals surface area contributed by atoms with Crippen LogP contribution in [0.1, 0.15) is 26.7 Å². The minimum absolute atomic E-state index is 0.198. The number of ether oxygens (including phenoxy) is 1. The van der Waals surface area contributed by atoms with Crippen LogP contribution in [-0.2, 0) is 0 Å². The van der Waals surface area contributed by atoms with E-state index >= 15 is 0 Å². The van der Waals surface area contributed by atoms with Crippen LogP contribution in [0.15, 0.2) is 0 Å². The van der Waals surface area contributed by atoms with Crippen molar-refractivity contribution in [3.05, 3.63) is 0 Å². The Balaban J connectivity index is 2.67. The van der Waals surface area contributed by atoms with Crippen molar-refractivity contribution in [2.24, 2.45) is 5.92 Å². The van der Waals surface area contributed by atoms with Crippen molar-refractivity contribution in [2.75, 3.05) is 37.4 Å². The van der Waals surface area contributed by atoms with Crippen LogP contribution in [0.4, 0.5) is 11.9 Å². The minimum Gasteiger partial charge on any atom is -0.467 e. The molecule has 1 aromatic rings. The maximum Gasteiger partial charge on any atom is 0.322 e. The molecule has 7 heteroatoms. The van der Waals surface area contributed by atoms with Crippen molar-refractivity contribution in [1.82, 2.24) is 15.0 Å². The molecule has 3 N–H and O–H groups in total. The van der Waals surface area contributed by atoms with Gasteiger partial charge >= 0.3 is 6.01 Å². The summed E-state index contributed by atoms with van der Waals surface area (Å²) in [6.45, 7) is 5.71. The lowest BCUT2D eigenvalue weighted by Gasteiger charge is -2.14. The third kappa shape index (κ3) is 5.25. The average Bonchev–Trinajstić information content (AvgIpc) is 2.43. The van der Waals surface area contributed by atoms with Gasteiger partial charge in [-0.3, -0.25) is 0 Å². The smallest absolute Gasteiger partial charge is 0.322 e. The number of methoxy groups -OCH3 is 1. The Hall–Kier alpha value is -1.63. The number of aliphatic hydroxyl groups excluding tert-OH is 1. The molecule has 0 aliphatic heterocycles. The van der Waals surface area contributed by atoms with Gasteiger partial charge in [0.1, 0.15) is 0 Å². The predicted octanol–water partition coefficient (Wildman–Crippen LogP) is 1.13. The number of hydrogen-bond donors (Lipinski definition) is 3. The summed E-state index contributed by atoms with van der Waals surface area (Å²) in [5, 5.41) is 15.2. The van der Waals surface area contributed by atoms with E-state index in [-0.39, 0.29) is 12.6 Å². The molecule has 0 amide bonds. The van der Waals surface area contributed by atoms with Crippen LogP contribution >= 0.6 is 0 Å². The SMILES string of the molecule is CCNc1nc(NCC(CC)CCO)nc(OC)n1. The lowest BCUT2D eigenvalue weighted by atomic mass is 10.0. The summed E-state index contributed by atoms with van der Waals surface area (Å²) in [5.74, 6) is 1.38. The number of nitrogens with one attached hydrogen (secondary N) is 2. The topological polar surface area (TPSA) is 92.2 Å². The number of aliphatic hydroxyl groups is 1. The molecule has 0 saturated heterocycles. The van der Waals surface area contributed by atoms with Crippen molar-refractivity contribution in [2.45, 2.75) is 26.7 Å². The van der Waals surface area contributed by atoms with E-state index in [4.69, 9.17) is 9.84 Å². The zero-order chi connectivity index (χ0) is 14.1. The van der Waals surface area contributed by atoms with Crippen LogP contribution in [0.3, 0.4) is 0 Å². The van der Waals surface area contributed by atoms with Gasteiger partial charge in [-0.2, -0.15) is 15.0 Å². The van der Waals surface area contributed by atoms with E-state index in [1.165, 1.54) is 7.11 Å². The van der Waals surface area contributed by atoms with Gasteiger partial charge in [0.25, 0.3) is 0 Å². The second kappa shape index (κ2) is 8.47. The molecule has 1 rings (SSSR count). The zero-order valence-corrected chi connectivity index (χ0v) is 11.8. The highest BCUT2D eigenvalue weighted by molar-refractivity contribution is 5.35. The third-order valence-electron chi connectivity index (χ3n) is 2.80. The van der Waals surface area contributed by atoms with E-state index in [1.807, 2.05) is 6.92 Å². The van der Waals surface area contributed by atoms with E-state index in [1.54, 1.807) is 0 Å². The van der Waals surface area contributed by atoms with E-state index in [0.29, 0.717) is 17.8 Å². The Morgan fingerprint density at radius 1 is 1.16 bits per heavy atom. The van der Waals surface area contributed by atoms with Crippen LogP contribution in [-0.4, -0.2) is 46.9 Å². The molecule has 0 spiro atoms. The molecule has 19 heavy (non-hydrogen) atoms. The van der Waals surface area contributed by atoms with Crippen molar-refractivity contribution in [3.63, 3.8) is 0 Å². The first-order valence-electron chi connectivity index (χ1n) is 6.62. The van der Waals surface area contributed by atoms with Crippen LogP contribution in [0.25, 0.3) is 0 Å². The molecule has 1 aromatic heterocycles. The summed E-state index contributed by atoms with van der Waals surface area (Å²) in [6, 6.07) is 0.281. The standard InChI is InChI=1S/C12H23N5O2/c1-4-9(6-7-18)8-14-11-15-10(13-5-2)16-12(17-11)19-3/h9,18H,4-8H2,1-3H3,(H2,13,14,15,16,17). The van der Waals surface area contributed by atoms with Gasteiger partial charge in [0.15, 0.2) is 0 Å². The lowest BCUT2D eigenvalue weighted by Crippen LogP contribution is -2.17. The van der Waals surface area contributed by atoms with E-state index < -0.39 is 0 Å². The zero-order valence-electron chi connectivity index (χ0n) is 11.8. The van der Waals surface area contributed by atoms with E-state index in [0.717, 1.165) is 25.9 Å². The Kier molecular flexibility index (Phi) is 6.88. The molecular formula is C12H23N5O2. The molecule has 1 unspecified atom stereocenters. The predicted molar refractivity (Wildman–Crippen MR) is 74.5 cm³/mol. The molecule has 0 aliphatic rings. The van der Waals surface area contributed by atoms with Gasteiger partial charge < -0.3 is 20.5 Å². The van der Waals surface area contributed by atoms with Gasteiger partial charge in [0, 0.05) is 19.7 Å². The Morgan fingerprint density at radius 2 is 1.84 bits per heavy atom.